The predicted octanol–water partition coefficient (Wildman–Crippen LogP) is 5.17. The molecule has 0 spiro atoms. The molecule has 0 amide bonds. The summed E-state index contributed by atoms with van der Waals surface area (Å²) in [5, 5.41) is -6.57. The summed E-state index contributed by atoms with van der Waals surface area (Å²) in [7, 11) is -6.93. The molecule has 0 saturated heterocycles. The Bertz CT molecular complexity index is 760. The first-order chi connectivity index (χ1) is 14.5. The van der Waals surface area contributed by atoms with Crippen molar-refractivity contribution in [2.45, 2.75) is 68.3 Å². The van der Waals surface area contributed by atoms with E-state index < -0.39 is 46.4 Å². The van der Waals surface area contributed by atoms with Crippen LogP contribution in [0.1, 0.15) is 44.9 Å². The first-order valence-electron chi connectivity index (χ1n) is 10.2. The fourth-order valence-corrected chi connectivity index (χ4v) is 5.86. The van der Waals surface area contributed by atoms with Crippen molar-refractivity contribution in [2.75, 3.05) is 13.2 Å². The molecule has 5 nitrogen and oxygen atoms in total. The molecule has 4 aliphatic carbocycles. The minimum absolute atomic E-state index is 0.259. The molecule has 4 fully saturated rings. The van der Waals surface area contributed by atoms with Crippen LogP contribution >= 0.6 is 0 Å². The van der Waals surface area contributed by atoms with Gasteiger partial charge in [-0.1, -0.05) is 0 Å². The molecule has 0 radical (unpaired) electrons. The zero-order chi connectivity index (χ0) is 24.2. The van der Waals surface area contributed by atoms with Gasteiger partial charge in [-0.3, -0.25) is 4.55 Å². The van der Waals surface area contributed by atoms with Crippen LogP contribution in [-0.4, -0.2) is 49.6 Å². The van der Waals surface area contributed by atoms with Crippen LogP contribution in [0.4, 0.5) is 35.1 Å². The molecular weight excluding hydrogens is 480 g/mol. The Morgan fingerprint density at radius 1 is 0.812 bits per heavy atom. The number of alkyl halides is 8. The van der Waals surface area contributed by atoms with E-state index in [0.717, 1.165) is 25.7 Å². The fraction of sp³-hybridized carbons (Fsp3) is 1.00. The summed E-state index contributed by atoms with van der Waals surface area (Å²) in [6, 6.07) is 0. The van der Waals surface area contributed by atoms with Crippen molar-refractivity contribution in [1.29, 1.82) is 0 Å². The molecule has 0 aliphatic heterocycles. The van der Waals surface area contributed by atoms with Gasteiger partial charge in [-0.05, 0) is 68.1 Å². The summed E-state index contributed by atoms with van der Waals surface area (Å²) in [5.41, 5.74) is 0. The Balaban J connectivity index is 1.47. The lowest BCUT2D eigenvalue weighted by Gasteiger charge is -2.54. The third kappa shape index (κ3) is 4.88. The molecule has 188 valence electrons. The van der Waals surface area contributed by atoms with Crippen molar-refractivity contribution in [3.8, 4) is 0 Å². The van der Waals surface area contributed by atoms with Crippen molar-refractivity contribution in [1.82, 2.24) is 0 Å². The Hall–Kier alpha value is -0.730. The first kappa shape index (κ1) is 25.9. The van der Waals surface area contributed by atoms with Gasteiger partial charge in [-0.2, -0.15) is 43.5 Å². The minimum atomic E-state index is -6.93. The maximum absolute atomic E-state index is 13.7. The highest BCUT2D eigenvalue weighted by atomic mass is 32.2. The van der Waals surface area contributed by atoms with Gasteiger partial charge < -0.3 is 4.74 Å². The minimum Gasteiger partial charge on any atom is -0.381 e. The van der Waals surface area contributed by atoms with Crippen LogP contribution < -0.4 is 0 Å². The fourth-order valence-electron chi connectivity index (χ4n) is 5.52. The van der Waals surface area contributed by atoms with E-state index in [9.17, 15) is 43.5 Å². The van der Waals surface area contributed by atoms with Crippen LogP contribution in [0.15, 0.2) is 0 Å². The van der Waals surface area contributed by atoms with E-state index >= 15 is 0 Å². The van der Waals surface area contributed by atoms with E-state index in [4.69, 9.17) is 9.29 Å². The van der Waals surface area contributed by atoms with Crippen LogP contribution in [0.3, 0.4) is 0 Å². The second-order valence-corrected chi connectivity index (χ2v) is 10.6. The molecule has 0 aromatic carbocycles. The molecule has 0 unspecified atom stereocenters. The molecular formula is C18H24F8O5S. The van der Waals surface area contributed by atoms with Crippen LogP contribution in [0.2, 0.25) is 0 Å². The molecule has 32 heavy (non-hydrogen) atoms. The third-order valence-electron chi connectivity index (χ3n) is 6.86. The van der Waals surface area contributed by atoms with E-state index in [2.05, 4.69) is 4.74 Å². The Morgan fingerprint density at radius 3 is 1.78 bits per heavy atom. The average Bonchev–Trinajstić information content (AvgIpc) is 2.60. The van der Waals surface area contributed by atoms with Crippen LogP contribution in [-0.2, 0) is 19.6 Å². The zero-order valence-electron chi connectivity index (χ0n) is 16.8. The highest BCUT2D eigenvalue weighted by molar-refractivity contribution is 7.86. The third-order valence-corrected chi connectivity index (χ3v) is 7.74. The van der Waals surface area contributed by atoms with Gasteiger partial charge in [0.25, 0.3) is 0 Å². The van der Waals surface area contributed by atoms with E-state index in [0.29, 0.717) is 23.7 Å². The topological polar surface area (TPSA) is 72.8 Å². The molecule has 0 aromatic heterocycles. The lowest BCUT2D eigenvalue weighted by atomic mass is 9.52. The predicted molar refractivity (Wildman–Crippen MR) is 93.0 cm³/mol. The maximum atomic E-state index is 13.7. The highest BCUT2D eigenvalue weighted by Gasteiger charge is 2.73. The average molecular weight is 504 g/mol. The smallest absolute Gasteiger partial charge is 0.381 e. The van der Waals surface area contributed by atoms with E-state index in [-0.39, 0.29) is 19.1 Å². The van der Waals surface area contributed by atoms with Gasteiger partial charge in [0.1, 0.15) is 0 Å². The highest BCUT2D eigenvalue weighted by Crippen LogP contribution is 2.56. The van der Waals surface area contributed by atoms with Gasteiger partial charge in [-0.25, -0.2) is 4.74 Å². The van der Waals surface area contributed by atoms with Crippen LogP contribution in [0.5, 0.6) is 0 Å². The number of hydrogen-bond donors (Lipinski definition) is 1. The molecule has 0 heterocycles. The number of halogens is 8. The van der Waals surface area contributed by atoms with E-state index in [1.807, 2.05) is 0 Å². The summed E-state index contributed by atoms with van der Waals surface area (Å²) < 4.78 is 143. The van der Waals surface area contributed by atoms with E-state index in [1.54, 1.807) is 0 Å². The Morgan fingerprint density at radius 2 is 1.31 bits per heavy atom. The Labute approximate surface area is 179 Å². The SMILES string of the molecule is O=S(=O)(O)C(F)(F)C(F)(F)OC(F)(F)C(F)(F)CCCOCC1C2CC3CC(C2)CC1C3. The second kappa shape index (κ2) is 8.49. The van der Waals surface area contributed by atoms with Gasteiger partial charge in [-0.15, -0.1) is 0 Å². The van der Waals surface area contributed by atoms with Gasteiger partial charge in [0, 0.05) is 19.6 Å². The van der Waals surface area contributed by atoms with Crippen molar-refractivity contribution >= 4 is 10.1 Å². The zero-order valence-corrected chi connectivity index (χ0v) is 17.6. The van der Waals surface area contributed by atoms with Gasteiger partial charge in [0.15, 0.2) is 0 Å². The van der Waals surface area contributed by atoms with Gasteiger partial charge >= 0.3 is 33.5 Å². The summed E-state index contributed by atoms with van der Waals surface area (Å²) in [5.74, 6) is -2.69. The molecule has 1 N–H and O–H groups in total. The molecule has 4 rings (SSSR count). The molecule has 0 aromatic rings. The lowest BCUT2D eigenvalue weighted by molar-refractivity contribution is -0.456. The molecule has 4 saturated carbocycles. The monoisotopic (exact) mass is 504 g/mol. The van der Waals surface area contributed by atoms with Gasteiger partial charge in [0.05, 0.1) is 0 Å². The second-order valence-electron chi connectivity index (χ2n) is 9.10. The standard InChI is InChI=1S/C18H24F8O5S/c19-15(20,16(21,22)31-17(23,24)18(25,26)32(27,28)29)2-1-3-30-9-14-12-5-10-4-11(7-12)8-13(14)6-10/h10-14H,1-9H2,(H,27,28,29). The molecule has 4 aliphatic rings. The van der Waals surface area contributed by atoms with Gasteiger partial charge in [0.2, 0.25) is 0 Å². The first-order valence-corrected chi connectivity index (χ1v) is 11.7. The molecule has 4 bridgehead atoms. The normalized spacial score (nSPS) is 31.3. The number of ether oxygens (including phenoxy) is 2. The number of hydrogen-bond acceptors (Lipinski definition) is 4. The van der Waals surface area contributed by atoms with Crippen molar-refractivity contribution in [3.05, 3.63) is 0 Å². The molecule has 0 atom stereocenters. The summed E-state index contributed by atoms with van der Waals surface area (Å²) in [4.78, 5) is 0. The van der Waals surface area contributed by atoms with Crippen molar-refractivity contribution < 1.29 is 57.6 Å². The maximum Gasteiger partial charge on any atom is 0.460 e. The Kier molecular flexibility index (Phi) is 6.87. The summed E-state index contributed by atoms with van der Waals surface area (Å²) in [6.45, 7) is -0.113. The molecule has 14 heteroatoms. The quantitative estimate of drug-likeness (QED) is 0.239. The van der Waals surface area contributed by atoms with Crippen LogP contribution in [0, 0.1) is 29.6 Å². The van der Waals surface area contributed by atoms with Crippen molar-refractivity contribution in [3.63, 3.8) is 0 Å². The largest absolute Gasteiger partial charge is 0.460 e. The summed E-state index contributed by atoms with van der Waals surface area (Å²) >= 11 is 0. The van der Waals surface area contributed by atoms with Crippen LogP contribution in [0.25, 0.3) is 0 Å². The summed E-state index contributed by atoms with van der Waals surface area (Å²) in [6.07, 6.45) is -9.63. The van der Waals surface area contributed by atoms with E-state index in [1.165, 1.54) is 6.42 Å². The lowest BCUT2D eigenvalue weighted by Crippen LogP contribution is -2.55. The van der Waals surface area contributed by atoms with Crippen molar-refractivity contribution in [2.24, 2.45) is 29.6 Å². The number of rotatable bonds is 11.